The van der Waals surface area contributed by atoms with Crippen molar-refractivity contribution in [1.82, 2.24) is 0 Å². The minimum atomic E-state index is 0.118. The molecule has 0 radical (unpaired) electrons. The van der Waals surface area contributed by atoms with Gasteiger partial charge in [0.2, 0.25) is 0 Å². The maximum absolute atomic E-state index is 11.8. The smallest absolute Gasteiger partial charge is 0.161 e. The van der Waals surface area contributed by atoms with Crippen LogP contribution in [0.25, 0.3) is 0 Å². The fourth-order valence-electron chi connectivity index (χ4n) is 2.14. The molecule has 0 N–H and O–H groups in total. The number of ketones is 1. The molecule has 0 bridgehead atoms. The predicted molar refractivity (Wildman–Crippen MR) is 82.1 cm³/mol. The van der Waals surface area contributed by atoms with E-state index in [1.54, 1.807) is 18.3 Å². The zero-order valence-electron chi connectivity index (χ0n) is 11.6. The first kappa shape index (κ1) is 13.8. The third-order valence-electron chi connectivity index (χ3n) is 3.12. The molecule has 3 heteroatoms. The van der Waals surface area contributed by atoms with E-state index in [0.717, 1.165) is 17.8 Å². The van der Waals surface area contributed by atoms with Gasteiger partial charge in [-0.3, -0.25) is 4.79 Å². The summed E-state index contributed by atoms with van der Waals surface area (Å²) in [6, 6.07) is 12.4. The van der Waals surface area contributed by atoms with Crippen LogP contribution in [0.5, 0.6) is 0 Å². The number of thiophene rings is 1. The van der Waals surface area contributed by atoms with E-state index in [2.05, 4.69) is 36.3 Å². The van der Waals surface area contributed by atoms with E-state index in [-0.39, 0.29) is 5.78 Å². The Balaban J connectivity index is 2.36. The fourth-order valence-corrected chi connectivity index (χ4v) is 2.84. The molecule has 0 aliphatic rings. The van der Waals surface area contributed by atoms with Crippen LogP contribution in [-0.4, -0.2) is 11.8 Å². The second-order valence-corrected chi connectivity index (χ2v) is 5.91. The number of para-hydroxylation sites is 1. The van der Waals surface area contributed by atoms with Crippen molar-refractivity contribution < 1.29 is 4.79 Å². The molecule has 0 saturated carbocycles. The lowest BCUT2D eigenvalue weighted by molar-refractivity contribution is 0.101. The number of nitrogens with zero attached hydrogens (tertiary/aromatic N) is 1. The Labute approximate surface area is 118 Å². The van der Waals surface area contributed by atoms with Gasteiger partial charge >= 0.3 is 0 Å². The Morgan fingerprint density at radius 1 is 1.21 bits per heavy atom. The number of hydrogen-bond acceptors (Lipinski definition) is 3. The Morgan fingerprint density at radius 2 is 1.95 bits per heavy atom. The third-order valence-corrected chi connectivity index (χ3v) is 3.98. The molecular weight excluding hydrogens is 254 g/mol. The van der Waals surface area contributed by atoms with Crippen molar-refractivity contribution in [2.75, 3.05) is 4.90 Å². The Bertz CT molecular complexity index is 546. The lowest BCUT2D eigenvalue weighted by atomic mass is 10.1. The molecule has 0 saturated heterocycles. The Kier molecular flexibility index (Phi) is 4.38. The molecule has 19 heavy (non-hydrogen) atoms. The van der Waals surface area contributed by atoms with Crippen molar-refractivity contribution in [1.29, 1.82) is 0 Å². The molecule has 0 aliphatic heterocycles. The highest BCUT2D eigenvalue weighted by Gasteiger charge is 2.16. The van der Waals surface area contributed by atoms with Crippen molar-refractivity contribution in [3.63, 3.8) is 0 Å². The summed E-state index contributed by atoms with van der Waals surface area (Å²) in [5, 5.41) is 2.09. The Morgan fingerprint density at radius 3 is 2.53 bits per heavy atom. The number of anilines is 1. The van der Waals surface area contributed by atoms with Gasteiger partial charge in [0.1, 0.15) is 0 Å². The fraction of sp³-hybridized carbons (Fsp3) is 0.312. The van der Waals surface area contributed by atoms with Crippen molar-refractivity contribution in [3.8, 4) is 0 Å². The summed E-state index contributed by atoms with van der Waals surface area (Å²) in [7, 11) is 0. The van der Waals surface area contributed by atoms with Gasteiger partial charge in [0.05, 0.1) is 6.54 Å². The first-order valence-corrected chi connectivity index (χ1v) is 7.36. The first-order chi connectivity index (χ1) is 9.09. The maximum atomic E-state index is 11.8. The molecule has 2 aromatic rings. The van der Waals surface area contributed by atoms with Crippen LogP contribution in [0.15, 0.2) is 41.8 Å². The topological polar surface area (TPSA) is 20.3 Å². The van der Waals surface area contributed by atoms with E-state index in [9.17, 15) is 4.79 Å². The van der Waals surface area contributed by atoms with Crippen molar-refractivity contribution >= 4 is 22.8 Å². The molecule has 0 amide bonds. The lowest BCUT2D eigenvalue weighted by Gasteiger charge is -2.30. The first-order valence-electron chi connectivity index (χ1n) is 6.48. The highest BCUT2D eigenvalue weighted by molar-refractivity contribution is 7.09. The molecule has 100 valence electrons. The summed E-state index contributed by atoms with van der Waals surface area (Å²) in [5.74, 6) is 0.118. The molecule has 1 aromatic heterocycles. The average Bonchev–Trinajstić information content (AvgIpc) is 2.88. The number of hydrogen-bond donors (Lipinski definition) is 0. The van der Waals surface area contributed by atoms with Gasteiger partial charge in [0, 0.05) is 22.2 Å². The van der Waals surface area contributed by atoms with Crippen LogP contribution >= 0.6 is 11.3 Å². The third kappa shape index (κ3) is 3.24. The molecule has 2 nitrogen and oxygen atoms in total. The number of benzene rings is 1. The molecule has 1 aromatic carbocycles. The van der Waals surface area contributed by atoms with E-state index in [4.69, 9.17) is 0 Å². The lowest BCUT2D eigenvalue weighted by Crippen LogP contribution is -2.31. The molecule has 0 spiro atoms. The summed E-state index contributed by atoms with van der Waals surface area (Å²) >= 11 is 1.75. The highest BCUT2D eigenvalue weighted by atomic mass is 32.1. The summed E-state index contributed by atoms with van der Waals surface area (Å²) in [6.07, 6.45) is 0. The standard InChI is InChI=1S/C16H19NOS/c1-12(2)17(11-14-7-6-10-19-14)16-9-5-4-8-15(16)13(3)18/h4-10,12H,11H2,1-3H3. The van der Waals surface area contributed by atoms with Crippen molar-refractivity contribution in [2.45, 2.75) is 33.4 Å². The maximum Gasteiger partial charge on any atom is 0.161 e. The van der Waals surface area contributed by atoms with E-state index >= 15 is 0 Å². The normalized spacial score (nSPS) is 10.7. The van der Waals surface area contributed by atoms with Crippen LogP contribution in [0.3, 0.4) is 0 Å². The van der Waals surface area contributed by atoms with Crippen LogP contribution in [-0.2, 0) is 6.54 Å². The van der Waals surface area contributed by atoms with Crippen LogP contribution in [0.2, 0.25) is 0 Å². The average molecular weight is 273 g/mol. The van der Waals surface area contributed by atoms with E-state index in [0.29, 0.717) is 6.04 Å². The number of carbonyl (C=O) groups is 1. The van der Waals surface area contributed by atoms with Crippen molar-refractivity contribution in [3.05, 3.63) is 52.2 Å². The van der Waals surface area contributed by atoms with Crippen LogP contribution in [0.4, 0.5) is 5.69 Å². The predicted octanol–water partition coefficient (Wildman–Crippen LogP) is 4.37. The summed E-state index contributed by atoms with van der Waals surface area (Å²) in [6.45, 7) is 6.79. The molecule has 0 atom stereocenters. The van der Waals surface area contributed by atoms with Crippen LogP contribution in [0.1, 0.15) is 36.0 Å². The molecule has 0 unspecified atom stereocenters. The van der Waals surface area contributed by atoms with Gasteiger partial charge in [-0.05, 0) is 44.4 Å². The summed E-state index contributed by atoms with van der Waals surface area (Å²) < 4.78 is 0. The molecule has 2 rings (SSSR count). The Hall–Kier alpha value is -1.61. The van der Waals surface area contributed by atoms with Crippen LogP contribution in [0, 0.1) is 0 Å². The molecule has 0 fully saturated rings. The minimum absolute atomic E-state index is 0.118. The SMILES string of the molecule is CC(=O)c1ccccc1N(Cc1cccs1)C(C)C. The molecular formula is C16H19NOS. The molecule has 0 aliphatic carbocycles. The summed E-state index contributed by atoms with van der Waals surface area (Å²) in [4.78, 5) is 15.4. The highest BCUT2D eigenvalue weighted by Crippen LogP contribution is 2.26. The monoisotopic (exact) mass is 273 g/mol. The quantitative estimate of drug-likeness (QED) is 0.754. The van der Waals surface area contributed by atoms with E-state index in [1.807, 2.05) is 24.3 Å². The van der Waals surface area contributed by atoms with Gasteiger partial charge in [-0.2, -0.15) is 0 Å². The largest absolute Gasteiger partial charge is 0.363 e. The van der Waals surface area contributed by atoms with Gasteiger partial charge in [-0.15, -0.1) is 11.3 Å². The van der Waals surface area contributed by atoms with Crippen molar-refractivity contribution in [2.24, 2.45) is 0 Å². The van der Waals surface area contributed by atoms with Gasteiger partial charge in [0.15, 0.2) is 5.78 Å². The van der Waals surface area contributed by atoms with Gasteiger partial charge < -0.3 is 4.90 Å². The molecule has 1 heterocycles. The van der Waals surface area contributed by atoms with Crippen LogP contribution < -0.4 is 4.90 Å². The summed E-state index contributed by atoms with van der Waals surface area (Å²) in [5.41, 5.74) is 1.83. The second kappa shape index (κ2) is 6.02. The zero-order valence-corrected chi connectivity index (χ0v) is 12.4. The zero-order chi connectivity index (χ0) is 13.8. The van der Waals surface area contributed by atoms with Gasteiger partial charge in [0.25, 0.3) is 0 Å². The second-order valence-electron chi connectivity index (χ2n) is 4.87. The van der Waals surface area contributed by atoms with E-state index < -0.39 is 0 Å². The number of carbonyl (C=O) groups excluding carboxylic acids is 1. The number of Topliss-reactive ketones (excluding diaryl/α,β-unsaturated/α-hetero) is 1. The minimum Gasteiger partial charge on any atom is -0.363 e. The van der Waals surface area contributed by atoms with E-state index in [1.165, 1.54) is 4.88 Å². The number of rotatable bonds is 5. The van der Waals surface area contributed by atoms with Gasteiger partial charge in [-0.1, -0.05) is 18.2 Å². The van der Waals surface area contributed by atoms with Gasteiger partial charge in [-0.25, -0.2) is 0 Å².